The summed E-state index contributed by atoms with van der Waals surface area (Å²) in [6, 6.07) is 0. The first kappa shape index (κ1) is 15.6. The maximum atomic E-state index is 10.5. The molecule has 6 N–H and O–H groups in total. The number of rotatable bonds is 7. The van der Waals surface area contributed by atoms with E-state index in [4.69, 9.17) is 20.0 Å². The van der Waals surface area contributed by atoms with E-state index >= 15 is 0 Å². The smallest absolute Gasteiger partial charge is 0.394 e. The Hall–Kier alpha value is -0.380. The molecule has 0 aromatic heterocycles. The molecule has 0 aliphatic heterocycles. The van der Waals surface area contributed by atoms with Gasteiger partial charge in [0.25, 0.3) is 0 Å². The Labute approximate surface area is 90.2 Å². The number of phosphoric acid groups is 1. The van der Waals surface area contributed by atoms with Gasteiger partial charge >= 0.3 is 7.82 Å². The van der Waals surface area contributed by atoms with Crippen LogP contribution in [0.25, 0.3) is 0 Å². The molecule has 0 amide bonds. The van der Waals surface area contributed by atoms with Gasteiger partial charge in [-0.1, -0.05) is 0 Å². The fraction of sp³-hybridized carbons (Fsp3) is 0.833. The van der Waals surface area contributed by atoms with Gasteiger partial charge in [0.2, 0.25) is 0 Å². The highest BCUT2D eigenvalue weighted by atomic mass is 31.2. The molecule has 9 nitrogen and oxygen atoms in total. The van der Waals surface area contributed by atoms with Crippen LogP contribution in [0.3, 0.4) is 0 Å². The quantitative estimate of drug-likeness (QED) is 0.203. The van der Waals surface area contributed by atoms with Gasteiger partial charge in [0.1, 0.15) is 12.2 Å². The summed E-state index contributed by atoms with van der Waals surface area (Å²) in [6.45, 7) is -2.17. The van der Waals surface area contributed by atoms with Crippen molar-refractivity contribution in [2.75, 3.05) is 13.2 Å². The fourth-order valence-electron chi connectivity index (χ4n) is 0.810. The molecule has 0 aromatic carbocycles. The van der Waals surface area contributed by atoms with Gasteiger partial charge in [-0.15, -0.1) is 0 Å². The second kappa shape index (κ2) is 5.80. The van der Waals surface area contributed by atoms with Crippen molar-refractivity contribution in [3.63, 3.8) is 0 Å². The molecule has 96 valence electrons. The molecule has 0 bridgehead atoms. The van der Waals surface area contributed by atoms with Crippen LogP contribution in [0.15, 0.2) is 0 Å². The largest absolute Gasteiger partial charge is 0.469 e. The van der Waals surface area contributed by atoms with Crippen molar-refractivity contribution in [3.8, 4) is 0 Å². The van der Waals surface area contributed by atoms with Gasteiger partial charge in [0.15, 0.2) is 11.9 Å². The number of phosphoric ester groups is 1. The van der Waals surface area contributed by atoms with Crippen LogP contribution in [0.4, 0.5) is 0 Å². The van der Waals surface area contributed by atoms with Gasteiger partial charge in [-0.05, 0) is 0 Å². The SMILES string of the molecule is O=C[C@@](O)(COP(=O)(O)O)[C@H](O)[C@H](O)CO. The first-order valence-corrected chi connectivity index (χ1v) is 5.55. The molecule has 0 aliphatic carbocycles. The highest BCUT2D eigenvalue weighted by Gasteiger charge is 2.41. The molecule has 0 unspecified atom stereocenters. The van der Waals surface area contributed by atoms with E-state index in [0.717, 1.165) is 0 Å². The van der Waals surface area contributed by atoms with Crippen LogP contribution >= 0.6 is 7.82 Å². The van der Waals surface area contributed by atoms with Crippen LogP contribution in [0.1, 0.15) is 0 Å². The van der Waals surface area contributed by atoms with Crippen molar-refractivity contribution in [2.24, 2.45) is 0 Å². The van der Waals surface area contributed by atoms with Crippen LogP contribution in [0.5, 0.6) is 0 Å². The standard InChI is InChI=1S/C6H13O9P/c7-1-4(9)5(10)6(11,2-8)3-15-16(12,13)14/h2,4-5,7,9-11H,1,3H2,(H2,12,13,14)/t4-,5-,6-/m1/s1. The molecule has 0 spiro atoms. The molecular weight excluding hydrogens is 247 g/mol. The molecule has 0 saturated carbocycles. The number of hydrogen-bond acceptors (Lipinski definition) is 7. The van der Waals surface area contributed by atoms with Gasteiger partial charge in [0.05, 0.1) is 13.2 Å². The monoisotopic (exact) mass is 260 g/mol. The highest BCUT2D eigenvalue weighted by molar-refractivity contribution is 7.46. The predicted octanol–water partition coefficient (Wildman–Crippen LogP) is -3.26. The van der Waals surface area contributed by atoms with Crippen molar-refractivity contribution in [1.82, 2.24) is 0 Å². The van der Waals surface area contributed by atoms with E-state index in [1.165, 1.54) is 0 Å². The van der Waals surface area contributed by atoms with E-state index in [2.05, 4.69) is 4.52 Å². The summed E-state index contributed by atoms with van der Waals surface area (Å²) in [5.41, 5.74) is -2.72. The summed E-state index contributed by atoms with van der Waals surface area (Å²) in [7, 11) is -4.93. The topological polar surface area (TPSA) is 165 Å². The number of carbonyl (C=O) groups excluding carboxylic acids is 1. The second-order valence-corrected chi connectivity index (χ2v) is 4.31. The lowest BCUT2D eigenvalue weighted by Crippen LogP contribution is -2.54. The van der Waals surface area contributed by atoms with E-state index < -0.39 is 38.8 Å². The minimum Gasteiger partial charge on any atom is -0.394 e. The fourth-order valence-corrected chi connectivity index (χ4v) is 1.18. The first-order chi connectivity index (χ1) is 7.16. The molecule has 0 heterocycles. The van der Waals surface area contributed by atoms with E-state index in [1.54, 1.807) is 0 Å². The van der Waals surface area contributed by atoms with Crippen LogP contribution in [-0.2, 0) is 13.9 Å². The van der Waals surface area contributed by atoms with Gasteiger partial charge < -0.3 is 30.2 Å². The lowest BCUT2D eigenvalue weighted by molar-refractivity contribution is -0.161. The Morgan fingerprint density at radius 1 is 1.38 bits per heavy atom. The zero-order valence-electron chi connectivity index (χ0n) is 8.00. The lowest BCUT2D eigenvalue weighted by atomic mass is 9.95. The van der Waals surface area contributed by atoms with Gasteiger partial charge in [0, 0.05) is 0 Å². The average molecular weight is 260 g/mol. The predicted molar refractivity (Wildman–Crippen MR) is 48.1 cm³/mol. The lowest BCUT2D eigenvalue weighted by Gasteiger charge is -2.29. The van der Waals surface area contributed by atoms with Gasteiger partial charge in [-0.25, -0.2) is 4.57 Å². The molecule has 16 heavy (non-hydrogen) atoms. The number of aliphatic hydroxyl groups excluding tert-OH is 3. The Morgan fingerprint density at radius 3 is 2.19 bits per heavy atom. The zero-order chi connectivity index (χ0) is 13.0. The molecular formula is C6H13O9P. The third-order valence-corrected chi connectivity index (χ3v) is 2.20. The van der Waals surface area contributed by atoms with Gasteiger partial charge in [-0.2, -0.15) is 0 Å². The van der Waals surface area contributed by atoms with E-state index in [-0.39, 0.29) is 6.29 Å². The summed E-state index contributed by atoms with van der Waals surface area (Å²) in [4.78, 5) is 27.1. The molecule has 0 saturated heterocycles. The minimum atomic E-state index is -4.93. The second-order valence-electron chi connectivity index (χ2n) is 3.07. The van der Waals surface area contributed by atoms with Crippen molar-refractivity contribution < 1.29 is 44.1 Å². The molecule has 0 aliphatic rings. The zero-order valence-corrected chi connectivity index (χ0v) is 8.90. The van der Waals surface area contributed by atoms with Crippen LogP contribution < -0.4 is 0 Å². The van der Waals surface area contributed by atoms with E-state index in [1.807, 2.05) is 0 Å². The summed E-state index contributed by atoms with van der Waals surface area (Å²) in [6.07, 6.45) is -4.23. The Bertz CT molecular complexity index is 275. The van der Waals surface area contributed by atoms with Crippen molar-refractivity contribution >= 4 is 14.1 Å². The maximum Gasteiger partial charge on any atom is 0.469 e. The highest BCUT2D eigenvalue weighted by Crippen LogP contribution is 2.37. The van der Waals surface area contributed by atoms with Crippen molar-refractivity contribution in [1.29, 1.82) is 0 Å². The third-order valence-electron chi connectivity index (χ3n) is 1.73. The van der Waals surface area contributed by atoms with Crippen molar-refractivity contribution in [2.45, 2.75) is 17.8 Å². The number of carbonyl (C=O) groups is 1. The first-order valence-electron chi connectivity index (χ1n) is 4.02. The number of aldehydes is 1. The number of hydrogen-bond donors (Lipinski definition) is 6. The molecule has 0 fully saturated rings. The minimum absolute atomic E-state index is 0.244. The van der Waals surface area contributed by atoms with Crippen LogP contribution in [-0.4, -0.2) is 67.5 Å². The molecule has 3 atom stereocenters. The molecule has 0 aromatic rings. The molecule has 10 heteroatoms. The Kier molecular flexibility index (Phi) is 5.66. The van der Waals surface area contributed by atoms with Crippen molar-refractivity contribution in [3.05, 3.63) is 0 Å². The normalized spacial score (nSPS) is 19.9. The van der Waals surface area contributed by atoms with E-state index in [0.29, 0.717) is 0 Å². The van der Waals surface area contributed by atoms with Gasteiger partial charge in [-0.3, -0.25) is 9.32 Å². The third kappa shape index (κ3) is 4.64. The summed E-state index contributed by atoms with van der Waals surface area (Å²) in [5, 5.41) is 36.0. The van der Waals surface area contributed by atoms with Crippen LogP contribution in [0, 0.1) is 0 Å². The maximum absolute atomic E-state index is 10.5. The number of aliphatic hydroxyl groups is 4. The summed E-state index contributed by atoms with van der Waals surface area (Å²) in [5.74, 6) is 0. The average Bonchev–Trinajstić information content (AvgIpc) is 2.22. The molecule has 0 rings (SSSR count). The molecule has 0 radical (unpaired) electrons. The van der Waals surface area contributed by atoms with E-state index in [9.17, 15) is 19.6 Å². The Balaban J connectivity index is 4.65. The summed E-state index contributed by atoms with van der Waals surface area (Å²) < 4.78 is 14.1. The summed E-state index contributed by atoms with van der Waals surface area (Å²) >= 11 is 0. The van der Waals surface area contributed by atoms with Crippen LogP contribution in [0.2, 0.25) is 0 Å². The Morgan fingerprint density at radius 2 is 1.88 bits per heavy atom.